The molecule has 0 bridgehead atoms. The third kappa shape index (κ3) is 4.98. The Morgan fingerprint density at radius 3 is 2.32 bits per heavy atom. The molecule has 8 heteroatoms. The molecule has 0 saturated heterocycles. The van der Waals surface area contributed by atoms with Crippen molar-refractivity contribution in [3.05, 3.63) is 66.0 Å². The number of aromatic nitrogens is 2. The first kappa shape index (κ1) is 21.8. The highest BCUT2D eigenvalue weighted by Gasteiger charge is 2.28. The van der Waals surface area contributed by atoms with Crippen molar-refractivity contribution in [1.29, 1.82) is 0 Å². The Labute approximate surface area is 181 Å². The highest BCUT2D eigenvalue weighted by molar-refractivity contribution is 6.44. The lowest BCUT2D eigenvalue weighted by Gasteiger charge is -2.19. The van der Waals surface area contributed by atoms with Crippen LogP contribution in [0.3, 0.4) is 0 Å². The summed E-state index contributed by atoms with van der Waals surface area (Å²) in [5, 5.41) is 3.86. The average molecular weight is 420 g/mol. The van der Waals surface area contributed by atoms with Crippen LogP contribution in [-0.4, -0.2) is 50.0 Å². The summed E-state index contributed by atoms with van der Waals surface area (Å²) >= 11 is 0. The molecule has 0 radical (unpaired) electrons. The predicted molar refractivity (Wildman–Crippen MR) is 119 cm³/mol. The molecule has 2 aromatic carbocycles. The molecule has 160 valence electrons. The fraction of sp³-hybridized carbons (Fsp3) is 0.217. The van der Waals surface area contributed by atoms with Crippen molar-refractivity contribution in [2.75, 3.05) is 33.2 Å². The fourth-order valence-electron chi connectivity index (χ4n) is 2.99. The first-order chi connectivity index (χ1) is 14.9. The lowest BCUT2D eigenvalue weighted by molar-refractivity contribution is -0.132. The van der Waals surface area contributed by atoms with Gasteiger partial charge in [-0.1, -0.05) is 47.6 Å². The molecule has 3 rings (SSSR count). The number of ether oxygens (including phenoxy) is 2. The maximum atomic E-state index is 12.4. The van der Waals surface area contributed by atoms with Gasteiger partial charge >= 0.3 is 5.97 Å². The smallest absolute Gasteiger partial charge is 0.361 e. The number of anilines is 1. The van der Waals surface area contributed by atoms with Gasteiger partial charge < -0.3 is 19.2 Å². The van der Waals surface area contributed by atoms with E-state index in [9.17, 15) is 4.79 Å². The van der Waals surface area contributed by atoms with Crippen LogP contribution in [0.2, 0.25) is 0 Å². The molecule has 0 fully saturated rings. The van der Waals surface area contributed by atoms with E-state index in [-0.39, 0.29) is 17.2 Å². The van der Waals surface area contributed by atoms with Gasteiger partial charge in [-0.05, 0) is 30.2 Å². The zero-order valence-electron chi connectivity index (χ0n) is 18.1. The van der Waals surface area contributed by atoms with Crippen LogP contribution in [0.4, 0.5) is 5.82 Å². The minimum absolute atomic E-state index is 0.0945. The van der Waals surface area contributed by atoms with E-state index in [1.807, 2.05) is 54.6 Å². The maximum absolute atomic E-state index is 12.4. The van der Waals surface area contributed by atoms with Crippen molar-refractivity contribution in [2.24, 2.45) is 5.16 Å². The van der Waals surface area contributed by atoms with Gasteiger partial charge in [0, 0.05) is 14.1 Å². The number of rotatable bonds is 7. The largest absolute Gasteiger partial charge is 0.464 e. The molecule has 0 amide bonds. The van der Waals surface area contributed by atoms with Gasteiger partial charge in [-0.3, -0.25) is 0 Å². The molecule has 3 aromatic rings. The van der Waals surface area contributed by atoms with E-state index >= 15 is 0 Å². The van der Waals surface area contributed by atoms with Gasteiger partial charge in [-0.2, -0.15) is 4.98 Å². The minimum Gasteiger partial charge on any atom is -0.464 e. The number of nitrogens with zero attached hydrogens (tertiary/aromatic N) is 4. The first-order valence-electron chi connectivity index (χ1n) is 9.53. The SMILES string of the molecule is CON=C(C(=O)OC)c1c(Oc2cccc(-c3ccccc3)c2)nc(C)nc1N(C)C. The van der Waals surface area contributed by atoms with Crippen LogP contribution in [0.15, 0.2) is 59.8 Å². The standard InChI is InChI=1S/C23H24N4O4/c1-15-24-21(27(2)3)19(20(26-30-5)23(28)29-4)22(25-15)31-18-13-9-12-17(14-18)16-10-7-6-8-11-16/h6-14H,1-5H3. The summed E-state index contributed by atoms with van der Waals surface area (Å²) < 4.78 is 11.0. The number of benzene rings is 2. The van der Waals surface area contributed by atoms with Crippen molar-refractivity contribution in [2.45, 2.75) is 6.92 Å². The molecular formula is C23H24N4O4. The Balaban J connectivity index is 2.13. The second-order valence-electron chi connectivity index (χ2n) is 6.78. The maximum Gasteiger partial charge on any atom is 0.361 e. The van der Waals surface area contributed by atoms with Gasteiger partial charge in [0.05, 0.1) is 7.11 Å². The van der Waals surface area contributed by atoms with Crippen LogP contribution < -0.4 is 9.64 Å². The third-order valence-electron chi connectivity index (χ3n) is 4.35. The normalized spacial score (nSPS) is 11.1. The van der Waals surface area contributed by atoms with Crippen molar-refractivity contribution < 1.29 is 19.1 Å². The minimum atomic E-state index is -0.694. The Morgan fingerprint density at radius 1 is 0.968 bits per heavy atom. The molecule has 0 atom stereocenters. The molecule has 0 saturated carbocycles. The monoisotopic (exact) mass is 420 g/mol. The number of methoxy groups -OCH3 is 1. The lowest BCUT2D eigenvalue weighted by atomic mass is 10.1. The van der Waals surface area contributed by atoms with Crippen LogP contribution in [-0.2, 0) is 14.4 Å². The van der Waals surface area contributed by atoms with Gasteiger partial charge in [-0.25, -0.2) is 9.78 Å². The van der Waals surface area contributed by atoms with E-state index in [1.165, 1.54) is 14.2 Å². The third-order valence-corrected chi connectivity index (χ3v) is 4.35. The van der Waals surface area contributed by atoms with E-state index in [0.717, 1.165) is 11.1 Å². The summed E-state index contributed by atoms with van der Waals surface area (Å²) in [7, 11) is 6.21. The molecule has 0 aliphatic rings. The van der Waals surface area contributed by atoms with Crippen LogP contribution in [0.1, 0.15) is 11.4 Å². The number of carbonyl (C=O) groups is 1. The molecular weight excluding hydrogens is 396 g/mol. The fourth-order valence-corrected chi connectivity index (χ4v) is 2.99. The molecule has 0 aliphatic carbocycles. The van der Waals surface area contributed by atoms with Gasteiger partial charge in [0.15, 0.2) is 0 Å². The molecule has 0 N–H and O–H groups in total. The van der Waals surface area contributed by atoms with E-state index in [4.69, 9.17) is 14.3 Å². The Kier molecular flexibility index (Phi) is 6.81. The molecule has 1 heterocycles. The van der Waals surface area contributed by atoms with Crippen molar-refractivity contribution in [3.8, 4) is 22.8 Å². The molecule has 31 heavy (non-hydrogen) atoms. The summed E-state index contributed by atoms with van der Waals surface area (Å²) in [5.74, 6) is 0.946. The van der Waals surface area contributed by atoms with E-state index in [0.29, 0.717) is 17.4 Å². The van der Waals surface area contributed by atoms with Gasteiger partial charge in [0.1, 0.15) is 30.1 Å². The highest BCUT2D eigenvalue weighted by Crippen LogP contribution is 2.32. The van der Waals surface area contributed by atoms with Crippen LogP contribution in [0.25, 0.3) is 11.1 Å². The zero-order chi connectivity index (χ0) is 22.4. The van der Waals surface area contributed by atoms with Gasteiger partial charge in [0.2, 0.25) is 11.6 Å². The van der Waals surface area contributed by atoms with E-state index < -0.39 is 5.97 Å². The second-order valence-corrected chi connectivity index (χ2v) is 6.78. The Hall–Kier alpha value is -3.94. The Morgan fingerprint density at radius 2 is 1.68 bits per heavy atom. The summed E-state index contributed by atoms with van der Waals surface area (Å²) in [6.07, 6.45) is 0. The topological polar surface area (TPSA) is 86.1 Å². The highest BCUT2D eigenvalue weighted by atomic mass is 16.6. The summed E-state index contributed by atoms with van der Waals surface area (Å²) in [4.78, 5) is 28.0. The molecule has 0 unspecified atom stereocenters. The summed E-state index contributed by atoms with van der Waals surface area (Å²) in [6.45, 7) is 1.75. The number of esters is 1. The average Bonchev–Trinajstić information content (AvgIpc) is 2.78. The zero-order valence-corrected chi connectivity index (χ0v) is 18.1. The van der Waals surface area contributed by atoms with Crippen LogP contribution in [0.5, 0.6) is 11.6 Å². The van der Waals surface area contributed by atoms with Gasteiger partial charge in [-0.15, -0.1) is 0 Å². The molecule has 1 aromatic heterocycles. The van der Waals surface area contributed by atoms with E-state index in [2.05, 4.69) is 15.1 Å². The van der Waals surface area contributed by atoms with E-state index in [1.54, 1.807) is 25.9 Å². The van der Waals surface area contributed by atoms with Crippen LogP contribution >= 0.6 is 0 Å². The molecule has 0 spiro atoms. The summed E-state index contributed by atoms with van der Waals surface area (Å²) in [5.41, 5.74) is 2.21. The number of oxime groups is 1. The second kappa shape index (κ2) is 9.71. The molecule has 0 aliphatic heterocycles. The molecule has 8 nitrogen and oxygen atoms in total. The van der Waals surface area contributed by atoms with Crippen molar-refractivity contribution in [1.82, 2.24) is 9.97 Å². The first-order valence-corrected chi connectivity index (χ1v) is 9.53. The Bertz CT molecular complexity index is 1100. The predicted octanol–water partition coefficient (Wildman–Crippen LogP) is 3.83. The van der Waals surface area contributed by atoms with Gasteiger partial charge in [0.25, 0.3) is 0 Å². The van der Waals surface area contributed by atoms with Crippen molar-refractivity contribution in [3.63, 3.8) is 0 Å². The van der Waals surface area contributed by atoms with Crippen molar-refractivity contribution >= 4 is 17.5 Å². The number of hydrogen-bond acceptors (Lipinski definition) is 8. The summed E-state index contributed by atoms with van der Waals surface area (Å²) in [6, 6.07) is 17.5. The lowest BCUT2D eigenvalue weighted by Crippen LogP contribution is -2.24. The number of hydrogen-bond donors (Lipinski definition) is 0. The number of aryl methyl sites for hydroxylation is 1. The van der Waals surface area contributed by atoms with Crippen LogP contribution in [0, 0.1) is 6.92 Å². The number of carbonyl (C=O) groups excluding carboxylic acids is 1. The quantitative estimate of drug-likeness (QED) is 0.326.